The Morgan fingerprint density at radius 2 is 1.77 bits per heavy atom. The minimum absolute atomic E-state index is 0.928. The van der Waals surface area contributed by atoms with Gasteiger partial charge in [0, 0.05) is 12.7 Å². The van der Waals surface area contributed by atoms with Crippen molar-refractivity contribution in [3.63, 3.8) is 0 Å². The number of nitrogens with zero attached hydrogens (tertiary/aromatic N) is 1. The summed E-state index contributed by atoms with van der Waals surface area (Å²) in [6, 6.07) is 5.81. The van der Waals surface area contributed by atoms with Gasteiger partial charge in [0.25, 0.3) is 0 Å². The molecule has 0 amide bonds. The first kappa shape index (κ1) is 14.5. The number of hydrogen-bond acceptors (Lipinski definition) is 2. The maximum atomic E-state index is 4.06. The Hall–Kier alpha value is -1.05. The van der Waals surface area contributed by atoms with Crippen LogP contribution in [0.5, 0.6) is 0 Å². The maximum absolute atomic E-state index is 4.06. The molecule has 76 valence electrons. The molecule has 0 saturated heterocycles. The second-order valence-corrected chi connectivity index (χ2v) is 1.75. The van der Waals surface area contributed by atoms with Crippen LogP contribution >= 0.6 is 0 Å². The smallest absolute Gasteiger partial charge is 0.125 e. The van der Waals surface area contributed by atoms with Gasteiger partial charge in [-0.2, -0.15) is 0 Å². The zero-order valence-electron chi connectivity index (χ0n) is 9.46. The normalized spacial score (nSPS) is 7.15. The number of rotatable bonds is 2. The Balaban J connectivity index is 0. The van der Waals surface area contributed by atoms with E-state index in [4.69, 9.17) is 0 Å². The van der Waals surface area contributed by atoms with E-state index < -0.39 is 0 Å². The van der Waals surface area contributed by atoms with E-state index in [-0.39, 0.29) is 0 Å². The van der Waals surface area contributed by atoms with Gasteiger partial charge in [-0.25, -0.2) is 4.98 Å². The van der Waals surface area contributed by atoms with Crippen LogP contribution in [0.15, 0.2) is 24.4 Å². The standard InChI is InChI=1S/C7H10N2.2C2H6/c1-2-8-7-5-3-4-6-9-7;2*1-2/h3-6H,2H2,1H3,(H,8,9);2*1-2H3. The molecule has 0 radical (unpaired) electrons. The molecular weight excluding hydrogens is 160 g/mol. The average molecular weight is 182 g/mol. The van der Waals surface area contributed by atoms with E-state index in [1.54, 1.807) is 6.20 Å². The van der Waals surface area contributed by atoms with E-state index >= 15 is 0 Å². The third-order valence-electron chi connectivity index (χ3n) is 1.02. The van der Waals surface area contributed by atoms with Gasteiger partial charge in [0.05, 0.1) is 0 Å². The number of aromatic nitrogens is 1. The van der Waals surface area contributed by atoms with E-state index in [2.05, 4.69) is 17.2 Å². The van der Waals surface area contributed by atoms with E-state index in [1.165, 1.54) is 0 Å². The number of hydrogen-bond donors (Lipinski definition) is 1. The van der Waals surface area contributed by atoms with Crippen LogP contribution in [0.3, 0.4) is 0 Å². The molecule has 13 heavy (non-hydrogen) atoms. The Morgan fingerprint density at radius 3 is 2.15 bits per heavy atom. The lowest BCUT2D eigenvalue weighted by molar-refractivity contribution is 1.16. The summed E-state index contributed by atoms with van der Waals surface area (Å²) in [6.45, 7) is 11.0. The molecule has 0 unspecified atom stereocenters. The van der Waals surface area contributed by atoms with Crippen molar-refractivity contribution in [3.05, 3.63) is 24.4 Å². The van der Waals surface area contributed by atoms with Crippen LogP contribution < -0.4 is 5.32 Å². The van der Waals surface area contributed by atoms with Gasteiger partial charge in [-0.1, -0.05) is 33.8 Å². The topological polar surface area (TPSA) is 24.9 Å². The molecule has 0 aromatic carbocycles. The lowest BCUT2D eigenvalue weighted by Gasteiger charge is -1.97. The highest BCUT2D eigenvalue weighted by atomic mass is 15.0. The molecule has 0 atom stereocenters. The fraction of sp³-hybridized carbons (Fsp3) is 0.545. The zero-order valence-corrected chi connectivity index (χ0v) is 9.46. The average Bonchev–Trinajstić information content (AvgIpc) is 2.26. The molecule has 1 aromatic rings. The first-order valence-corrected chi connectivity index (χ1v) is 5.08. The fourth-order valence-electron chi connectivity index (χ4n) is 0.648. The molecule has 1 N–H and O–H groups in total. The van der Waals surface area contributed by atoms with E-state index in [9.17, 15) is 0 Å². The lowest BCUT2D eigenvalue weighted by Crippen LogP contribution is -1.97. The first-order chi connectivity index (χ1) is 6.43. The van der Waals surface area contributed by atoms with Crippen molar-refractivity contribution < 1.29 is 0 Å². The van der Waals surface area contributed by atoms with Crippen LogP contribution in [0, 0.1) is 0 Å². The summed E-state index contributed by atoms with van der Waals surface area (Å²) in [4.78, 5) is 4.06. The number of anilines is 1. The minimum Gasteiger partial charge on any atom is -0.370 e. The van der Waals surface area contributed by atoms with Crippen molar-refractivity contribution in [3.8, 4) is 0 Å². The third-order valence-corrected chi connectivity index (χ3v) is 1.02. The first-order valence-electron chi connectivity index (χ1n) is 5.08. The van der Waals surface area contributed by atoms with Gasteiger partial charge in [0.15, 0.2) is 0 Å². The SMILES string of the molecule is CC.CC.CCNc1ccccn1. The van der Waals surface area contributed by atoms with Crippen molar-refractivity contribution in [2.75, 3.05) is 11.9 Å². The summed E-state index contributed by atoms with van der Waals surface area (Å²) in [5, 5.41) is 3.10. The summed E-state index contributed by atoms with van der Waals surface area (Å²) < 4.78 is 0. The van der Waals surface area contributed by atoms with E-state index in [0.717, 1.165) is 12.4 Å². The van der Waals surface area contributed by atoms with E-state index in [1.807, 2.05) is 45.9 Å². The lowest BCUT2D eigenvalue weighted by atomic mass is 10.5. The van der Waals surface area contributed by atoms with Gasteiger partial charge >= 0.3 is 0 Å². The molecule has 2 heteroatoms. The molecule has 1 aromatic heterocycles. The molecule has 0 saturated carbocycles. The summed E-state index contributed by atoms with van der Waals surface area (Å²) in [5.41, 5.74) is 0. The van der Waals surface area contributed by atoms with Crippen molar-refractivity contribution >= 4 is 5.82 Å². The van der Waals surface area contributed by atoms with Crippen molar-refractivity contribution in [1.29, 1.82) is 0 Å². The van der Waals surface area contributed by atoms with Crippen LogP contribution in [-0.2, 0) is 0 Å². The summed E-state index contributed by atoms with van der Waals surface area (Å²) in [6.07, 6.45) is 1.78. The third kappa shape index (κ3) is 8.86. The fourth-order valence-corrected chi connectivity index (χ4v) is 0.648. The number of pyridine rings is 1. The summed E-state index contributed by atoms with van der Waals surface area (Å²) in [7, 11) is 0. The molecule has 0 bridgehead atoms. The quantitative estimate of drug-likeness (QED) is 0.756. The Kier molecular flexibility index (Phi) is 15.1. The second-order valence-electron chi connectivity index (χ2n) is 1.75. The minimum atomic E-state index is 0.928. The molecule has 0 spiro atoms. The molecule has 2 nitrogen and oxygen atoms in total. The van der Waals surface area contributed by atoms with E-state index in [0.29, 0.717) is 0 Å². The Labute approximate surface area is 82.4 Å². The maximum Gasteiger partial charge on any atom is 0.125 e. The zero-order chi connectivity index (χ0) is 10.5. The monoisotopic (exact) mass is 182 g/mol. The summed E-state index contributed by atoms with van der Waals surface area (Å²) in [5.74, 6) is 0.944. The predicted molar refractivity (Wildman–Crippen MR) is 61.1 cm³/mol. The van der Waals surface area contributed by atoms with Gasteiger partial charge in [-0.3, -0.25) is 0 Å². The largest absolute Gasteiger partial charge is 0.370 e. The van der Waals surface area contributed by atoms with Crippen molar-refractivity contribution in [1.82, 2.24) is 4.98 Å². The Morgan fingerprint density at radius 1 is 1.15 bits per heavy atom. The van der Waals surface area contributed by atoms with Crippen LogP contribution in [0.25, 0.3) is 0 Å². The highest BCUT2D eigenvalue weighted by Crippen LogP contribution is 1.97. The Bertz CT molecular complexity index is 161. The van der Waals surface area contributed by atoms with Crippen molar-refractivity contribution in [2.24, 2.45) is 0 Å². The highest BCUT2D eigenvalue weighted by molar-refractivity contribution is 5.32. The van der Waals surface area contributed by atoms with Gasteiger partial charge in [-0.15, -0.1) is 0 Å². The van der Waals surface area contributed by atoms with Crippen LogP contribution in [-0.4, -0.2) is 11.5 Å². The van der Waals surface area contributed by atoms with Crippen LogP contribution in [0.2, 0.25) is 0 Å². The molecule has 0 aliphatic rings. The van der Waals surface area contributed by atoms with Gasteiger partial charge in [0.1, 0.15) is 5.82 Å². The van der Waals surface area contributed by atoms with Crippen molar-refractivity contribution in [2.45, 2.75) is 34.6 Å². The molecule has 0 aliphatic heterocycles. The van der Waals surface area contributed by atoms with Gasteiger partial charge in [0.2, 0.25) is 0 Å². The second kappa shape index (κ2) is 13.5. The van der Waals surface area contributed by atoms with Crippen LogP contribution in [0.4, 0.5) is 5.82 Å². The predicted octanol–water partition coefficient (Wildman–Crippen LogP) is 3.57. The molecular formula is C11H22N2. The number of nitrogens with one attached hydrogen (secondary N) is 1. The molecule has 0 fully saturated rings. The molecule has 1 heterocycles. The summed E-state index contributed by atoms with van der Waals surface area (Å²) >= 11 is 0. The van der Waals surface area contributed by atoms with Crippen LogP contribution in [0.1, 0.15) is 34.6 Å². The van der Waals surface area contributed by atoms with Gasteiger partial charge < -0.3 is 5.32 Å². The molecule has 0 aliphatic carbocycles. The molecule has 1 rings (SSSR count). The van der Waals surface area contributed by atoms with Gasteiger partial charge in [-0.05, 0) is 19.1 Å². The highest BCUT2D eigenvalue weighted by Gasteiger charge is 1.83.